The molecule has 1 aromatic rings. The molecule has 0 aliphatic heterocycles. The zero-order chi connectivity index (χ0) is 15.0. The highest BCUT2D eigenvalue weighted by molar-refractivity contribution is 5.29. The van der Waals surface area contributed by atoms with Crippen molar-refractivity contribution in [2.75, 3.05) is 20.3 Å². The largest absolute Gasteiger partial charge is 0.492 e. The SMILES string of the molecule is CCCNCc1nc(C)ccc1OCCC(C)(C)OC. The van der Waals surface area contributed by atoms with Gasteiger partial charge in [-0.25, -0.2) is 0 Å². The molecule has 0 fully saturated rings. The van der Waals surface area contributed by atoms with E-state index >= 15 is 0 Å². The van der Waals surface area contributed by atoms with E-state index in [0.29, 0.717) is 6.61 Å². The van der Waals surface area contributed by atoms with Gasteiger partial charge in [-0.2, -0.15) is 0 Å². The first kappa shape index (κ1) is 16.9. The molecular formula is C16H28N2O2. The zero-order valence-electron chi connectivity index (χ0n) is 13.5. The molecule has 0 aliphatic carbocycles. The van der Waals surface area contributed by atoms with Crippen molar-refractivity contribution in [2.45, 2.75) is 52.7 Å². The van der Waals surface area contributed by atoms with Crippen LogP contribution in [0, 0.1) is 6.92 Å². The summed E-state index contributed by atoms with van der Waals surface area (Å²) in [6, 6.07) is 3.99. The highest BCUT2D eigenvalue weighted by Gasteiger charge is 2.16. The molecule has 20 heavy (non-hydrogen) atoms. The molecule has 0 saturated carbocycles. The Hall–Kier alpha value is -1.13. The van der Waals surface area contributed by atoms with Gasteiger partial charge in [0.25, 0.3) is 0 Å². The molecule has 1 rings (SSSR count). The molecule has 0 aliphatic rings. The molecule has 0 atom stereocenters. The lowest BCUT2D eigenvalue weighted by molar-refractivity contribution is 0.00533. The Kier molecular flexibility index (Phi) is 6.96. The lowest BCUT2D eigenvalue weighted by Gasteiger charge is -2.23. The van der Waals surface area contributed by atoms with Crippen LogP contribution in [0.4, 0.5) is 0 Å². The molecule has 4 nitrogen and oxygen atoms in total. The third kappa shape index (κ3) is 5.88. The van der Waals surface area contributed by atoms with E-state index in [2.05, 4.69) is 31.1 Å². The van der Waals surface area contributed by atoms with E-state index in [9.17, 15) is 0 Å². The van der Waals surface area contributed by atoms with E-state index in [1.807, 2.05) is 19.1 Å². The van der Waals surface area contributed by atoms with Crippen molar-refractivity contribution in [3.05, 3.63) is 23.5 Å². The Balaban J connectivity index is 2.59. The third-order valence-electron chi connectivity index (χ3n) is 3.31. The van der Waals surface area contributed by atoms with Crippen LogP contribution in [0.3, 0.4) is 0 Å². The second-order valence-electron chi connectivity index (χ2n) is 5.64. The van der Waals surface area contributed by atoms with E-state index in [0.717, 1.165) is 43.1 Å². The van der Waals surface area contributed by atoms with Crippen LogP contribution in [0.15, 0.2) is 12.1 Å². The number of methoxy groups -OCH3 is 1. The summed E-state index contributed by atoms with van der Waals surface area (Å²) in [5.41, 5.74) is 1.84. The maximum Gasteiger partial charge on any atom is 0.142 e. The van der Waals surface area contributed by atoms with E-state index in [-0.39, 0.29) is 5.60 Å². The second kappa shape index (κ2) is 8.22. The van der Waals surface area contributed by atoms with Crippen LogP contribution in [0.2, 0.25) is 0 Å². The van der Waals surface area contributed by atoms with Crippen molar-refractivity contribution in [2.24, 2.45) is 0 Å². The monoisotopic (exact) mass is 280 g/mol. The van der Waals surface area contributed by atoms with Crippen LogP contribution in [0.25, 0.3) is 0 Å². The van der Waals surface area contributed by atoms with Gasteiger partial charge in [-0.3, -0.25) is 4.98 Å². The average Bonchev–Trinajstić information content (AvgIpc) is 2.41. The Labute approximate surface area is 122 Å². The Morgan fingerprint density at radius 3 is 2.70 bits per heavy atom. The number of ether oxygens (including phenoxy) is 2. The van der Waals surface area contributed by atoms with Crippen LogP contribution < -0.4 is 10.1 Å². The summed E-state index contributed by atoms with van der Waals surface area (Å²) in [5, 5.41) is 3.37. The van der Waals surface area contributed by atoms with Crippen LogP contribution >= 0.6 is 0 Å². The summed E-state index contributed by atoms with van der Waals surface area (Å²) in [4.78, 5) is 4.56. The summed E-state index contributed by atoms with van der Waals surface area (Å²) in [7, 11) is 1.73. The average molecular weight is 280 g/mol. The van der Waals surface area contributed by atoms with Gasteiger partial charge >= 0.3 is 0 Å². The number of nitrogens with one attached hydrogen (secondary N) is 1. The Morgan fingerprint density at radius 2 is 2.05 bits per heavy atom. The van der Waals surface area contributed by atoms with E-state index in [4.69, 9.17) is 9.47 Å². The molecule has 1 heterocycles. The number of rotatable bonds is 9. The lowest BCUT2D eigenvalue weighted by atomic mass is 10.1. The van der Waals surface area contributed by atoms with Gasteiger partial charge in [-0.15, -0.1) is 0 Å². The molecule has 4 heteroatoms. The van der Waals surface area contributed by atoms with Crippen LogP contribution in [-0.2, 0) is 11.3 Å². The highest BCUT2D eigenvalue weighted by Crippen LogP contribution is 2.19. The predicted molar refractivity (Wildman–Crippen MR) is 82.2 cm³/mol. The second-order valence-corrected chi connectivity index (χ2v) is 5.64. The van der Waals surface area contributed by atoms with Crippen molar-refractivity contribution in [3.8, 4) is 5.75 Å². The first-order valence-electron chi connectivity index (χ1n) is 7.33. The number of hydrogen-bond donors (Lipinski definition) is 1. The number of hydrogen-bond acceptors (Lipinski definition) is 4. The molecule has 1 aromatic heterocycles. The van der Waals surface area contributed by atoms with Crippen LogP contribution in [0.1, 0.15) is 45.0 Å². The molecule has 1 N–H and O–H groups in total. The molecule has 0 unspecified atom stereocenters. The number of aryl methyl sites for hydroxylation is 1. The summed E-state index contributed by atoms with van der Waals surface area (Å²) in [6.45, 7) is 10.7. The number of nitrogens with zero attached hydrogens (tertiary/aromatic N) is 1. The molecule has 114 valence electrons. The Bertz CT molecular complexity index is 405. The Morgan fingerprint density at radius 1 is 1.30 bits per heavy atom. The molecule has 0 aromatic carbocycles. The summed E-state index contributed by atoms with van der Waals surface area (Å²) in [6.07, 6.45) is 1.96. The standard InChI is InChI=1S/C16H28N2O2/c1-6-10-17-12-14-15(8-7-13(2)18-14)20-11-9-16(3,4)19-5/h7-8,17H,6,9-12H2,1-5H3. The maximum absolute atomic E-state index is 5.88. The van der Waals surface area contributed by atoms with Crippen molar-refractivity contribution in [3.63, 3.8) is 0 Å². The van der Waals surface area contributed by atoms with Crippen molar-refractivity contribution in [1.82, 2.24) is 10.3 Å². The van der Waals surface area contributed by atoms with Gasteiger partial charge in [0.15, 0.2) is 0 Å². The van der Waals surface area contributed by atoms with Crippen molar-refractivity contribution in [1.29, 1.82) is 0 Å². The fraction of sp³-hybridized carbons (Fsp3) is 0.688. The van der Waals surface area contributed by atoms with Crippen LogP contribution in [-0.4, -0.2) is 30.8 Å². The molecule has 0 bridgehead atoms. The minimum absolute atomic E-state index is 0.154. The van der Waals surface area contributed by atoms with Gasteiger partial charge in [0.1, 0.15) is 5.75 Å². The van der Waals surface area contributed by atoms with Gasteiger partial charge in [0.05, 0.1) is 17.9 Å². The fourth-order valence-electron chi connectivity index (χ4n) is 1.75. The fourth-order valence-corrected chi connectivity index (χ4v) is 1.75. The zero-order valence-corrected chi connectivity index (χ0v) is 13.5. The highest BCUT2D eigenvalue weighted by atomic mass is 16.5. The molecule has 0 saturated heterocycles. The van der Waals surface area contributed by atoms with Crippen molar-refractivity contribution < 1.29 is 9.47 Å². The van der Waals surface area contributed by atoms with E-state index in [1.165, 1.54) is 0 Å². The number of aromatic nitrogens is 1. The summed E-state index contributed by atoms with van der Waals surface area (Å²) in [5.74, 6) is 0.867. The van der Waals surface area contributed by atoms with Gasteiger partial charge in [0.2, 0.25) is 0 Å². The molecule has 0 spiro atoms. The van der Waals surface area contributed by atoms with Gasteiger partial charge in [-0.05, 0) is 45.9 Å². The quantitative estimate of drug-likeness (QED) is 0.706. The van der Waals surface area contributed by atoms with Gasteiger partial charge in [0, 0.05) is 25.8 Å². The van der Waals surface area contributed by atoms with Crippen LogP contribution in [0.5, 0.6) is 5.75 Å². The molecule has 0 amide bonds. The minimum atomic E-state index is -0.154. The molecular weight excluding hydrogens is 252 g/mol. The predicted octanol–water partition coefficient (Wildman–Crippen LogP) is 3.08. The maximum atomic E-state index is 5.88. The minimum Gasteiger partial charge on any atom is -0.492 e. The number of pyridine rings is 1. The van der Waals surface area contributed by atoms with E-state index < -0.39 is 0 Å². The first-order chi connectivity index (χ1) is 9.48. The van der Waals surface area contributed by atoms with Crippen molar-refractivity contribution >= 4 is 0 Å². The summed E-state index contributed by atoms with van der Waals surface area (Å²) < 4.78 is 11.3. The van der Waals surface area contributed by atoms with E-state index in [1.54, 1.807) is 7.11 Å². The normalized spacial score (nSPS) is 11.7. The topological polar surface area (TPSA) is 43.4 Å². The lowest BCUT2D eigenvalue weighted by Crippen LogP contribution is -2.25. The molecule has 0 radical (unpaired) electrons. The van der Waals surface area contributed by atoms with Gasteiger partial charge < -0.3 is 14.8 Å². The third-order valence-corrected chi connectivity index (χ3v) is 3.31. The smallest absolute Gasteiger partial charge is 0.142 e. The summed E-state index contributed by atoms with van der Waals surface area (Å²) >= 11 is 0. The van der Waals surface area contributed by atoms with Gasteiger partial charge in [-0.1, -0.05) is 6.92 Å². The first-order valence-corrected chi connectivity index (χ1v) is 7.33.